The fourth-order valence-corrected chi connectivity index (χ4v) is 1.84. The van der Waals surface area contributed by atoms with Crippen molar-refractivity contribution < 1.29 is 18.3 Å². The third-order valence-electron chi connectivity index (χ3n) is 2.64. The maximum atomic E-state index is 12.8. The second-order valence-electron chi connectivity index (χ2n) is 3.84. The largest absolute Gasteiger partial charge is 0.417 e. The maximum Gasteiger partial charge on any atom is 0.417 e. The van der Waals surface area contributed by atoms with E-state index in [1.54, 1.807) is 0 Å². The number of hydrogen-bond donors (Lipinski definition) is 2. The molecular formula is C11H9F3N2O3. The molecule has 0 aliphatic heterocycles. The van der Waals surface area contributed by atoms with Crippen LogP contribution in [0.2, 0.25) is 0 Å². The Kier molecular flexibility index (Phi) is 3.19. The Morgan fingerprint density at radius 1 is 1.26 bits per heavy atom. The fraction of sp³-hybridized carbons (Fsp3) is 0.273. The minimum atomic E-state index is -4.70. The van der Waals surface area contributed by atoms with Crippen LogP contribution in [0.4, 0.5) is 13.2 Å². The second-order valence-corrected chi connectivity index (χ2v) is 3.84. The number of aliphatic hydroxyl groups is 1. The molecule has 1 aromatic heterocycles. The van der Waals surface area contributed by atoms with E-state index in [1.165, 1.54) is 6.07 Å². The molecule has 2 rings (SSSR count). The van der Waals surface area contributed by atoms with Gasteiger partial charge in [-0.2, -0.15) is 13.2 Å². The zero-order valence-corrected chi connectivity index (χ0v) is 9.49. The molecule has 0 amide bonds. The summed E-state index contributed by atoms with van der Waals surface area (Å²) in [6, 6.07) is 3.10. The molecule has 19 heavy (non-hydrogen) atoms. The Labute approximate surface area is 103 Å². The number of aromatic amines is 1. The molecule has 0 atom stereocenters. The molecule has 0 saturated carbocycles. The molecule has 2 aromatic rings. The van der Waals surface area contributed by atoms with Crippen LogP contribution < -0.4 is 11.2 Å². The molecule has 0 fully saturated rings. The SMILES string of the molecule is O=c1[nH]c2cccc(C(F)(F)F)c2c(=O)n1CCO. The first kappa shape index (κ1) is 13.3. The van der Waals surface area contributed by atoms with Gasteiger partial charge < -0.3 is 10.1 Å². The van der Waals surface area contributed by atoms with Crippen molar-refractivity contribution in [1.29, 1.82) is 0 Å². The van der Waals surface area contributed by atoms with Crippen molar-refractivity contribution >= 4 is 10.9 Å². The number of rotatable bonds is 2. The molecule has 0 aliphatic carbocycles. The third-order valence-corrected chi connectivity index (χ3v) is 2.64. The quantitative estimate of drug-likeness (QED) is 0.846. The van der Waals surface area contributed by atoms with Gasteiger partial charge in [0, 0.05) is 0 Å². The zero-order valence-electron chi connectivity index (χ0n) is 9.49. The molecule has 8 heteroatoms. The van der Waals surface area contributed by atoms with Crippen LogP contribution >= 0.6 is 0 Å². The topological polar surface area (TPSA) is 75.1 Å². The summed E-state index contributed by atoms with van der Waals surface area (Å²) < 4.78 is 39.0. The smallest absolute Gasteiger partial charge is 0.395 e. The standard InChI is InChI=1S/C11H9F3N2O3/c12-11(13,14)6-2-1-3-7-8(6)9(18)16(4-5-17)10(19)15-7/h1-3,17H,4-5H2,(H,15,19). The summed E-state index contributed by atoms with van der Waals surface area (Å²) in [4.78, 5) is 25.7. The monoisotopic (exact) mass is 274 g/mol. The number of fused-ring (bicyclic) bond motifs is 1. The van der Waals surface area contributed by atoms with Crippen molar-refractivity contribution in [2.45, 2.75) is 12.7 Å². The van der Waals surface area contributed by atoms with E-state index in [-0.39, 0.29) is 12.1 Å². The first-order valence-electron chi connectivity index (χ1n) is 5.30. The van der Waals surface area contributed by atoms with Crippen molar-refractivity contribution in [3.8, 4) is 0 Å². The summed E-state index contributed by atoms with van der Waals surface area (Å²) in [7, 11) is 0. The van der Waals surface area contributed by atoms with Crippen molar-refractivity contribution in [2.24, 2.45) is 0 Å². The number of benzene rings is 1. The van der Waals surface area contributed by atoms with Crippen LogP contribution in [0, 0.1) is 0 Å². The molecule has 2 N–H and O–H groups in total. The van der Waals surface area contributed by atoms with E-state index >= 15 is 0 Å². The molecule has 0 bridgehead atoms. The highest BCUT2D eigenvalue weighted by molar-refractivity contribution is 5.81. The molecular weight excluding hydrogens is 265 g/mol. The Bertz CT molecular complexity index is 731. The van der Waals surface area contributed by atoms with Gasteiger partial charge in [0.1, 0.15) is 0 Å². The second kappa shape index (κ2) is 4.54. The van der Waals surface area contributed by atoms with Crippen molar-refractivity contribution in [2.75, 3.05) is 6.61 Å². The normalized spacial score (nSPS) is 12.0. The summed E-state index contributed by atoms with van der Waals surface area (Å²) in [5, 5.41) is 8.13. The van der Waals surface area contributed by atoms with Gasteiger partial charge in [0.05, 0.1) is 29.6 Å². The van der Waals surface area contributed by atoms with Gasteiger partial charge in [-0.1, -0.05) is 6.07 Å². The first-order valence-corrected chi connectivity index (χ1v) is 5.30. The lowest BCUT2D eigenvalue weighted by molar-refractivity contribution is -0.136. The van der Waals surface area contributed by atoms with E-state index in [0.29, 0.717) is 4.57 Å². The molecule has 1 heterocycles. The van der Waals surface area contributed by atoms with Gasteiger partial charge >= 0.3 is 11.9 Å². The van der Waals surface area contributed by atoms with Crippen LogP contribution in [0.5, 0.6) is 0 Å². The van der Waals surface area contributed by atoms with Crippen LogP contribution in [0.25, 0.3) is 10.9 Å². The molecule has 102 valence electrons. The number of nitrogens with zero attached hydrogens (tertiary/aromatic N) is 1. The number of halogens is 3. The molecule has 0 radical (unpaired) electrons. The molecule has 0 unspecified atom stereocenters. The van der Waals surface area contributed by atoms with E-state index in [2.05, 4.69) is 4.98 Å². The Morgan fingerprint density at radius 3 is 2.53 bits per heavy atom. The van der Waals surface area contributed by atoms with E-state index in [1.807, 2.05) is 0 Å². The number of aliphatic hydroxyl groups excluding tert-OH is 1. The van der Waals surface area contributed by atoms with Gasteiger partial charge in [-0.15, -0.1) is 0 Å². The zero-order chi connectivity index (χ0) is 14.2. The number of H-pyrrole nitrogens is 1. The van der Waals surface area contributed by atoms with Crippen molar-refractivity contribution in [3.63, 3.8) is 0 Å². The molecule has 1 aromatic carbocycles. The number of hydrogen-bond acceptors (Lipinski definition) is 3. The van der Waals surface area contributed by atoms with E-state index in [4.69, 9.17) is 5.11 Å². The third kappa shape index (κ3) is 2.26. The van der Waals surface area contributed by atoms with Crippen LogP contribution in [0.3, 0.4) is 0 Å². The average molecular weight is 274 g/mol. The predicted octanol–water partition coefficient (Wildman–Crippen LogP) is 0.701. The maximum absolute atomic E-state index is 12.8. The minimum Gasteiger partial charge on any atom is -0.395 e. The van der Waals surface area contributed by atoms with Crippen LogP contribution in [0.15, 0.2) is 27.8 Å². The predicted molar refractivity (Wildman–Crippen MR) is 60.9 cm³/mol. The molecule has 0 saturated heterocycles. The number of aromatic nitrogens is 2. The van der Waals surface area contributed by atoms with Crippen LogP contribution in [0.1, 0.15) is 5.56 Å². The lowest BCUT2D eigenvalue weighted by Gasteiger charge is -2.11. The fourth-order valence-electron chi connectivity index (χ4n) is 1.84. The van der Waals surface area contributed by atoms with Gasteiger partial charge in [0.25, 0.3) is 5.56 Å². The van der Waals surface area contributed by atoms with E-state index < -0.39 is 35.0 Å². The summed E-state index contributed by atoms with van der Waals surface area (Å²) in [6.07, 6.45) is -4.70. The van der Waals surface area contributed by atoms with Gasteiger partial charge in [-0.25, -0.2) is 4.79 Å². The van der Waals surface area contributed by atoms with E-state index in [9.17, 15) is 22.8 Å². The summed E-state index contributed by atoms with van der Waals surface area (Å²) in [5.74, 6) is 0. The van der Waals surface area contributed by atoms with Crippen molar-refractivity contribution in [3.05, 3.63) is 44.6 Å². The highest BCUT2D eigenvalue weighted by Crippen LogP contribution is 2.32. The average Bonchev–Trinajstić information content (AvgIpc) is 2.32. The molecule has 0 aliphatic rings. The number of alkyl halides is 3. The summed E-state index contributed by atoms with van der Waals surface area (Å²) in [6.45, 7) is -0.890. The van der Waals surface area contributed by atoms with Crippen LogP contribution in [-0.4, -0.2) is 21.3 Å². The highest BCUT2D eigenvalue weighted by Gasteiger charge is 2.34. The first-order chi connectivity index (χ1) is 8.86. The lowest BCUT2D eigenvalue weighted by Crippen LogP contribution is -2.36. The van der Waals surface area contributed by atoms with Gasteiger partial charge in [-0.05, 0) is 12.1 Å². The molecule has 5 nitrogen and oxygen atoms in total. The highest BCUT2D eigenvalue weighted by atomic mass is 19.4. The van der Waals surface area contributed by atoms with Gasteiger partial charge in [0.2, 0.25) is 0 Å². The summed E-state index contributed by atoms with van der Waals surface area (Å²) in [5.41, 5.74) is -3.22. The Hall–Kier alpha value is -2.09. The van der Waals surface area contributed by atoms with Gasteiger partial charge in [0.15, 0.2) is 0 Å². The van der Waals surface area contributed by atoms with Crippen molar-refractivity contribution in [1.82, 2.24) is 9.55 Å². The lowest BCUT2D eigenvalue weighted by atomic mass is 10.1. The Morgan fingerprint density at radius 2 is 1.95 bits per heavy atom. The Balaban J connectivity index is 2.93. The van der Waals surface area contributed by atoms with Crippen LogP contribution in [-0.2, 0) is 12.7 Å². The number of nitrogens with one attached hydrogen (secondary N) is 1. The van der Waals surface area contributed by atoms with Gasteiger partial charge in [-0.3, -0.25) is 9.36 Å². The molecule has 0 spiro atoms. The summed E-state index contributed by atoms with van der Waals surface area (Å²) >= 11 is 0. The minimum absolute atomic E-state index is 0.181. The van der Waals surface area contributed by atoms with E-state index in [0.717, 1.165) is 12.1 Å².